The van der Waals surface area contributed by atoms with E-state index in [-0.39, 0.29) is 5.91 Å². The number of nitrogens with zero attached hydrogens (tertiary/aromatic N) is 3. The third-order valence-corrected chi connectivity index (χ3v) is 6.57. The molecule has 134 valence electrons. The van der Waals surface area contributed by atoms with Gasteiger partial charge in [0.05, 0.1) is 12.2 Å². The van der Waals surface area contributed by atoms with E-state index in [4.69, 9.17) is 4.74 Å². The van der Waals surface area contributed by atoms with Crippen LogP contribution in [0.3, 0.4) is 0 Å². The second-order valence-electron chi connectivity index (χ2n) is 7.90. The second kappa shape index (κ2) is 6.54. The molecule has 0 radical (unpaired) electrons. The summed E-state index contributed by atoms with van der Waals surface area (Å²) in [7, 11) is 1.89. The molecule has 1 N–H and O–H groups in total. The molecule has 0 aliphatic carbocycles. The number of hydrogen-bond acceptors (Lipinski definition) is 3. The molecule has 4 fully saturated rings. The molecular formula is C18H30N4O2. The van der Waals surface area contributed by atoms with E-state index >= 15 is 0 Å². The maximum Gasteiger partial charge on any atom is 0.219 e. The number of fused-ring (bicyclic) bond motifs is 5. The molecule has 4 aliphatic heterocycles. The van der Waals surface area contributed by atoms with E-state index in [2.05, 4.69) is 15.2 Å². The Labute approximate surface area is 144 Å². The van der Waals surface area contributed by atoms with Crippen molar-refractivity contribution in [1.82, 2.24) is 15.1 Å². The summed E-state index contributed by atoms with van der Waals surface area (Å²) in [5.74, 6) is 3.32. The average Bonchev–Trinajstić information content (AvgIpc) is 3.29. The van der Waals surface area contributed by atoms with E-state index in [1.54, 1.807) is 6.92 Å². The lowest BCUT2D eigenvalue weighted by Gasteiger charge is -2.32. The Balaban J connectivity index is 1.26. The zero-order valence-corrected chi connectivity index (χ0v) is 14.9. The van der Waals surface area contributed by atoms with Crippen molar-refractivity contribution in [1.29, 1.82) is 0 Å². The van der Waals surface area contributed by atoms with Crippen LogP contribution in [0, 0.1) is 17.8 Å². The summed E-state index contributed by atoms with van der Waals surface area (Å²) >= 11 is 0. The number of carbonyl (C=O) groups is 1. The van der Waals surface area contributed by atoms with Gasteiger partial charge in [-0.15, -0.1) is 0 Å². The first kappa shape index (κ1) is 16.2. The van der Waals surface area contributed by atoms with Crippen LogP contribution in [0.25, 0.3) is 0 Å². The maximum atomic E-state index is 11.4. The lowest BCUT2D eigenvalue weighted by Crippen LogP contribution is -2.45. The number of amides is 1. The number of rotatable bonds is 2. The quantitative estimate of drug-likeness (QED) is 0.603. The summed E-state index contributed by atoms with van der Waals surface area (Å²) in [5.41, 5.74) is 0. The van der Waals surface area contributed by atoms with Gasteiger partial charge < -0.3 is 19.9 Å². The molecular weight excluding hydrogens is 304 g/mol. The van der Waals surface area contributed by atoms with Crippen LogP contribution in [0.1, 0.15) is 32.6 Å². The number of nitrogens with one attached hydrogen (secondary N) is 1. The van der Waals surface area contributed by atoms with Crippen molar-refractivity contribution in [2.75, 3.05) is 39.8 Å². The van der Waals surface area contributed by atoms with Crippen molar-refractivity contribution in [3.63, 3.8) is 0 Å². The van der Waals surface area contributed by atoms with Crippen LogP contribution in [0.5, 0.6) is 0 Å². The minimum atomic E-state index is 0.206. The molecule has 4 aliphatic rings. The number of aliphatic imine (C=N–C) groups is 1. The van der Waals surface area contributed by atoms with Crippen LogP contribution in [0.15, 0.2) is 4.99 Å². The van der Waals surface area contributed by atoms with Gasteiger partial charge in [0.1, 0.15) is 0 Å². The lowest BCUT2D eigenvalue weighted by molar-refractivity contribution is -0.130. The predicted octanol–water partition coefficient (Wildman–Crippen LogP) is 0.929. The zero-order valence-electron chi connectivity index (χ0n) is 14.9. The summed E-state index contributed by atoms with van der Waals surface area (Å²) in [5, 5.41) is 3.60. The second-order valence-corrected chi connectivity index (χ2v) is 7.90. The maximum absolute atomic E-state index is 11.4. The summed E-state index contributed by atoms with van der Waals surface area (Å²) in [6.45, 7) is 6.61. The Kier molecular flexibility index (Phi) is 4.41. The molecule has 0 aromatic carbocycles. The third kappa shape index (κ3) is 2.89. The summed E-state index contributed by atoms with van der Waals surface area (Å²) in [6, 6.07) is 0. The van der Waals surface area contributed by atoms with Crippen molar-refractivity contribution in [2.24, 2.45) is 22.7 Å². The van der Waals surface area contributed by atoms with E-state index in [1.165, 1.54) is 12.8 Å². The molecule has 1 amide bonds. The van der Waals surface area contributed by atoms with Crippen molar-refractivity contribution in [3.8, 4) is 0 Å². The zero-order chi connectivity index (χ0) is 16.7. The fourth-order valence-electron chi connectivity index (χ4n) is 5.15. The Morgan fingerprint density at radius 3 is 2.25 bits per heavy atom. The van der Waals surface area contributed by atoms with Gasteiger partial charge in [0.25, 0.3) is 0 Å². The highest BCUT2D eigenvalue weighted by Gasteiger charge is 2.53. The highest BCUT2D eigenvalue weighted by molar-refractivity contribution is 5.80. The molecule has 0 aromatic rings. The first-order chi connectivity index (χ1) is 11.7. The Hall–Kier alpha value is -1.30. The molecule has 0 saturated carbocycles. The number of carbonyl (C=O) groups excluding carboxylic acids is 1. The molecule has 6 nitrogen and oxygen atoms in total. The minimum Gasteiger partial charge on any atom is -0.374 e. The van der Waals surface area contributed by atoms with Crippen molar-refractivity contribution in [3.05, 3.63) is 0 Å². The first-order valence-corrected chi connectivity index (χ1v) is 9.52. The van der Waals surface area contributed by atoms with Crippen molar-refractivity contribution in [2.45, 2.75) is 44.8 Å². The molecule has 4 atom stereocenters. The van der Waals surface area contributed by atoms with Crippen LogP contribution in [0.2, 0.25) is 0 Å². The number of ether oxygens (including phenoxy) is 1. The molecule has 4 heterocycles. The summed E-state index contributed by atoms with van der Waals surface area (Å²) in [4.78, 5) is 20.3. The molecule has 0 spiro atoms. The minimum absolute atomic E-state index is 0.206. The van der Waals surface area contributed by atoms with Gasteiger partial charge in [-0.2, -0.15) is 0 Å². The Bertz CT molecular complexity index is 497. The topological polar surface area (TPSA) is 57.2 Å². The van der Waals surface area contributed by atoms with Gasteiger partial charge in [-0.1, -0.05) is 0 Å². The number of guanidine groups is 1. The Morgan fingerprint density at radius 1 is 1.08 bits per heavy atom. The van der Waals surface area contributed by atoms with E-state index in [1.807, 2.05) is 11.9 Å². The third-order valence-electron chi connectivity index (χ3n) is 6.57. The van der Waals surface area contributed by atoms with Gasteiger partial charge in [0.2, 0.25) is 5.91 Å². The van der Waals surface area contributed by atoms with Crippen molar-refractivity contribution < 1.29 is 9.53 Å². The molecule has 4 unspecified atom stereocenters. The average molecular weight is 334 g/mol. The number of likely N-dealkylation sites (tertiary alicyclic amines) is 2. The van der Waals surface area contributed by atoms with Crippen LogP contribution >= 0.6 is 0 Å². The largest absolute Gasteiger partial charge is 0.374 e. The SMILES string of the molecule is CN=C(NCC1CCN(C(C)=O)CC1)N1CC2C3CCC(O3)C2C1. The lowest BCUT2D eigenvalue weighted by atomic mass is 9.82. The molecule has 4 rings (SSSR count). The number of piperidine rings is 1. The standard InChI is InChI=1S/C18H30N4O2/c1-12(23)21-7-5-13(6-8-21)9-20-18(19-2)22-10-14-15(11-22)17-4-3-16(14)24-17/h13-17H,3-11H2,1-2H3,(H,19,20). The molecule has 24 heavy (non-hydrogen) atoms. The highest BCUT2D eigenvalue weighted by atomic mass is 16.5. The summed E-state index contributed by atoms with van der Waals surface area (Å²) < 4.78 is 6.07. The first-order valence-electron chi connectivity index (χ1n) is 9.52. The van der Waals surface area contributed by atoms with Crippen LogP contribution in [0.4, 0.5) is 0 Å². The van der Waals surface area contributed by atoms with Crippen LogP contribution in [-0.2, 0) is 9.53 Å². The molecule has 2 bridgehead atoms. The van der Waals surface area contributed by atoms with E-state index in [9.17, 15) is 4.79 Å². The van der Waals surface area contributed by atoms with Gasteiger partial charge >= 0.3 is 0 Å². The molecule has 6 heteroatoms. The molecule has 0 aromatic heterocycles. The van der Waals surface area contributed by atoms with E-state index < -0.39 is 0 Å². The van der Waals surface area contributed by atoms with Gasteiger partial charge in [-0.25, -0.2) is 0 Å². The van der Waals surface area contributed by atoms with E-state index in [0.717, 1.165) is 51.5 Å². The molecule has 4 saturated heterocycles. The summed E-state index contributed by atoms with van der Waals surface area (Å²) in [6.07, 6.45) is 5.68. The number of hydrogen-bond donors (Lipinski definition) is 1. The van der Waals surface area contributed by atoms with Gasteiger partial charge in [-0.3, -0.25) is 9.79 Å². The fourth-order valence-corrected chi connectivity index (χ4v) is 5.15. The van der Waals surface area contributed by atoms with Crippen LogP contribution < -0.4 is 5.32 Å². The predicted molar refractivity (Wildman–Crippen MR) is 92.8 cm³/mol. The monoisotopic (exact) mass is 334 g/mol. The smallest absolute Gasteiger partial charge is 0.219 e. The Morgan fingerprint density at radius 2 is 1.71 bits per heavy atom. The van der Waals surface area contributed by atoms with Crippen molar-refractivity contribution >= 4 is 11.9 Å². The van der Waals surface area contributed by atoms with E-state index in [0.29, 0.717) is 30.0 Å². The highest BCUT2D eigenvalue weighted by Crippen LogP contribution is 2.47. The van der Waals surface area contributed by atoms with Gasteiger partial charge in [-0.05, 0) is 31.6 Å². The van der Waals surface area contributed by atoms with Crippen LogP contribution in [-0.4, -0.2) is 73.6 Å². The fraction of sp³-hybridized carbons (Fsp3) is 0.889. The normalized spacial score (nSPS) is 36.3. The van der Waals surface area contributed by atoms with Gasteiger partial charge in [0.15, 0.2) is 5.96 Å². The van der Waals surface area contributed by atoms with Gasteiger partial charge in [0, 0.05) is 58.5 Å².